The third-order valence-corrected chi connectivity index (χ3v) is 7.11. The van der Waals surface area contributed by atoms with E-state index in [2.05, 4.69) is 4.90 Å². The second-order valence-electron chi connectivity index (χ2n) is 7.66. The molecule has 0 N–H and O–H groups in total. The largest absolute Gasteiger partial charge is 0.379 e. The van der Waals surface area contributed by atoms with Gasteiger partial charge in [0, 0.05) is 46.0 Å². The van der Waals surface area contributed by atoms with Crippen LogP contribution in [0.5, 0.6) is 0 Å². The number of hydrogen-bond acceptors (Lipinski definition) is 5. The van der Waals surface area contributed by atoms with Crippen LogP contribution in [0, 0.1) is 5.82 Å². The molecule has 1 heterocycles. The van der Waals surface area contributed by atoms with E-state index < -0.39 is 15.8 Å². The quantitative estimate of drug-likeness (QED) is 0.606. The summed E-state index contributed by atoms with van der Waals surface area (Å²) in [6, 6.07) is 12.9. The van der Waals surface area contributed by atoms with E-state index in [4.69, 9.17) is 4.74 Å². The lowest BCUT2D eigenvalue weighted by molar-refractivity contribution is 0.0368. The number of sulfonamides is 1. The van der Waals surface area contributed by atoms with Crippen molar-refractivity contribution in [2.24, 2.45) is 0 Å². The summed E-state index contributed by atoms with van der Waals surface area (Å²) >= 11 is 0. The first kappa shape index (κ1) is 22.7. The Hall–Kier alpha value is -2.00. The molecule has 30 heavy (non-hydrogen) atoms. The van der Waals surface area contributed by atoms with Gasteiger partial charge in [0.25, 0.3) is 0 Å². The summed E-state index contributed by atoms with van der Waals surface area (Å²) in [6.45, 7) is 4.67. The third-order valence-electron chi connectivity index (χ3n) is 5.25. The van der Waals surface area contributed by atoms with Gasteiger partial charge in [-0.25, -0.2) is 12.8 Å². The summed E-state index contributed by atoms with van der Waals surface area (Å²) < 4.78 is 46.7. The molecule has 2 aromatic carbocycles. The smallest absolute Gasteiger partial charge is 0.243 e. The van der Waals surface area contributed by atoms with E-state index in [1.165, 1.54) is 28.6 Å². The molecule has 1 fully saturated rings. The second kappa shape index (κ2) is 10.3. The summed E-state index contributed by atoms with van der Waals surface area (Å²) in [7, 11) is 0.196. The Kier molecular flexibility index (Phi) is 7.82. The molecule has 0 radical (unpaired) electrons. The minimum Gasteiger partial charge on any atom is -0.379 e. The number of halogens is 1. The minimum atomic E-state index is -3.73. The van der Waals surface area contributed by atoms with Crippen molar-refractivity contribution in [1.29, 1.82) is 0 Å². The highest BCUT2D eigenvalue weighted by molar-refractivity contribution is 7.89. The Bertz CT molecular complexity index is 896. The van der Waals surface area contributed by atoms with Crippen LogP contribution in [0.15, 0.2) is 53.4 Å². The second-order valence-corrected chi connectivity index (χ2v) is 9.60. The predicted octanol–water partition coefficient (Wildman–Crippen LogP) is 2.80. The summed E-state index contributed by atoms with van der Waals surface area (Å²) in [5, 5.41) is 0. The maximum Gasteiger partial charge on any atom is 0.243 e. The molecule has 3 rings (SSSR count). The summed E-state index contributed by atoms with van der Waals surface area (Å²) in [5.74, 6) is -0.452. The number of benzene rings is 2. The molecule has 164 valence electrons. The fourth-order valence-corrected chi connectivity index (χ4v) is 4.91. The highest BCUT2D eigenvalue weighted by Gasteiger charge is 2.25. The number of morpholine rings is 1. The van der Waals surface area contributed by atoms with Crippen molar-refractivity contribution in [3.63, 3.8) is 0 Å². The zero-order valence-electron chi connectivity index (χ0n) is 17.6. The molecule has 6 nitrogen and oxygen atoms in total. The van der Waals surface area contributed by atoms with Crippen molar-refractivity contribution < 1.29 is 17.5 Å². The van der Waals surface area contributed by atoms with Gasteiger partial charge in [0.2, 0.25) is 10.0 Å². The van der Waals surface area contributed by atoms with Crippen LogP contribution in [0.25, 0.3) is 0 Å². The summed E-state index contributed by atoms with van der Waals surface area (Å²) in [6.07, 6.45) is 0.718. The monoisotopic (exact) mass is 435 g/mol. The Morgan fingerprint density at radius 1 is 1.00 bits per heavy atom. The molecule has 0 atom stereocenters. The van der Waals surface area contributed by atoms with Gasteiger partial charge in [-0.1, -0.05) is 12.1 Å². The molecule has 0 saturated carbocycles. The number of hydrogen-bond donors (Lipinski definition) is 0. The van der Waals surface area contributed by atoms with Crippen LogP contribution in [0.2, 0.25) is 0 Å². The highest BCUT2D eigenvalue weighted by Crippen LogP contribution is 2.21. The number of ether oxygens (including phenoxy) is 1. The number of nitrogens with zero attached hydrogens (tertiary/aromatic N) is 3. The Morgan fingerprint density at radius 3 is 2.23 bits per heavy atom. The predicted molar refractivity (Wildman–Crippen MR) is 117 cm³/mol. The highest BCUT2D eigenvalue weighted by atomic mass is 32.2. The lowest BCUT2D eigenvalue weighted by Gasteiger charge is -2.28. The van der Waals surface area contributed by atoms with Gasteiger partial charge in [-0.3, -0.25) is 4.90 Å². The van der Waals surface area contributed by atoms with E-state index in [-0.39, 0.29) is 11.4 Å². The first-order chi connectivity index (χ1) is 14.4. The zero-order chi connectivity index (χ0) is 21.6. The Morgan fingerprint density at radius 2 is 1.63 bits per heavy atom. The molecule has 0 aromatic heterocycles. The minimum absolute atomic E-state index is 0.111. The van der Waals surface area contributed by atoms with Gasteiger partial charge >= 0.3 is 0 Å². The Balaban J connectivity index is 1.75. The van der Waals surface area contributed by atoms with Crippen LogP contribution >= 0.6 is 0 Å². The normalized spacial score (nSPS) is 15.5. The molecule has 0 amide bonds. The van der Waals surface area contributed by atoms with Gasteiger partial charge < -0.3 is 9.64 Å². The van der Waals surface area contributed by atoms with Crippen LogP contribution in [0.3, 0.4) is 0 Å². The van der Waals surface area contributed by atoms with Crippen molar-refractivity contribution in [3.8, 4) is 0 Å². The first-order valence-corrected chi connectivity index (χ1v) is 11.6. The lowest BCUT2D eigenvalue weighted by Crippen LogP contribution is -2.39. The zero-order valence-corrected chi connectivity index (χ0v) is 18.4. The molecule has 0 bridgehead atoms. The van der Waals surface area contributed by atoms with Gasteiger partial charge in [0.1, 0.15) is 5.82 Å². The van der Waals surface area contributed by atoms with Crippen molar-refractivity contribution in [2.75, 3.05) is 58.4 Å². The van der Waals surface area contributed by atoms with Crippen LogP contribution in [0.4, 0.5) is 10.1 Å². The summed E-state index contributed by atoms with van der Waals surface area (Å²) in [4.78, 5) is 4.40. The molecular weight excluding hydrogens is 405 g/mol. The average molecular weight is 436 g/mol. The third kappa shape index (κ3) is 6.01. The summed E-state index contributed by atoms with van der Waals surface area (Å²) in [5.41, 5.74) is 1.97. The van der Waals surface area contributed by atoms with Gasteiger partial charge in [-0.05, 0) is 54.9 Å². The van der Waals surface area contributed by atoms with Gasteiger partial charge in [-0.15, -0.1) is 0 Å². The van der Waals surface area contributed by atoms with Crippen LogP contribution < -0.4 is 4.90 Å². The SMILES string of the molecule is CN(C)c1ccc(CN(CCCN2CCOCC2)S(=O)(=O)c2ccc(F)cc2)cc1. The lowest BCUT2D eigenvalue weighted by atomic mass is 10.2. The molecule has 2 aromatic rings. The van der Waals surface area contributed by atoms with Crippen molar-refractivity contribution >= 4 is 15.7 Å². The molecule has 1 aliphatic heterocycles. The van der Waals surface area contributed by atoms with Crippen LogP contribution in [-0.2, 0) is 21.3 Å². The van der Waals surface area contributed by atoms with E-state index >= 15 is 0 Å². The van der Waals surface area contributed by atoms with Crippen LogP contribution in [-0.4, -0.2) is 71.1 Å². The standard InChI is InChI=1S/C22H30FN3O3S/c1-24(2)21-8-4-19(5-9-21)18-26(13-3-12-25-14-16-29-17-15-25)30(27,28)22-10-6-20(23)7-11-22/h4-11H,3,12-18H2,1-2H3. The molecule has 0 unspecified atom stereocenters. The number of anilines is 1. The van der Waals surface area contributed by atoms with E-state index in [1.54, 1.807) is 0 Å². The first-order valence-electron chi connectivity index (χ1n) is 10.2. The molecule has 8 heteroatoms. The molecular formula is C22H30FN3O3S. The topological polar surface area (TPSA) is 53.1 Å². The molecule has 1 aliphatic rings. The van der Waals surface area contributed by atoms with Crippen molar-refractivity contribution in [3.05, 3.63) is 59.9 Å². The van der Waals surface area contributed by atoms with E-state index in [1.807, 2.05) is 43.3 Å². The van der Waals surface area contributed by atoms with Crippen molar-refractivity contribution in [1.82, 2.24) is 9.21 Å². The van der Waals surface area contributed by atoms with E-state index in [0.717, 1.165) is 50.5 Å². The van der Waals surface area contributed by atoms with Gasteiger partial charge in [0.15, 0.2) is 0 Å². The van der Waals surface area contributed by atoms with E-state index in [0.29, 0.717) is 6.54 Å². The molecule has 1 saturated heterocycles. The van der Waals surface area contributed by atoms with Crippen LogP contribution in [0.1, 0.15) is 12.0 Å². The maximum atomic E-state index is 13.3. The fraction of sp³-hybridized carbons (Fsp3) is 0.455. The maximum absolute atomic E-state index is 13.3. The van der Waals surface area contributed by atoms with Crippen molar-refractivity contribution in [2.45, 2.75) is 17.9 Å². The number of rotatable bonds is 9. The average Bonchev–Trinajstić information content (AvgIpc) is 2.74. The fourth-order valence-electron chi connectivity index (χ4n) is 3.44. The van der Waals surface area contributed by atoms with E-state index in [9.17, 15) is 12.8 Å². The van der Waals surface area contributed by atoms with Gasteiger partial charge in [-0.2, -0.15) is 4.31 Å². The molecule has 0 spiro atoms. The Labute approximate surface area is 178 Å². The van der Waals surface area contributed by atoms with Gasteiger partial charge in [0.05, 0.1) is 18.1 Å². The molecule has 0 aliphatic carbocycles.